The lowest BCUT2D eigenvalue weighted by molar-refractivity contribution is -0.113. The van der Waals surface area contributed by atoms with Crippen LogP contribution in [0.1, 0.15) is 48.6 Å². The van der Waals surface area contributed by atoms with E-state index >= 15 is 0 Å². The van der Waals surface area contributed by atoms with Gasteiger partial charge in [-0.05, 0) is 49.6 Å². The third kappa shape index (κ3) is 6.31. The molecule has 0 fully saturated rings. The molecule has 7 nitrogen and oxygen atoms in total. The zero-order chi connectivity index (χ0) is 24.8. The number of rotatable bonds is 9. The van der Waals surface area contributed by atoms with Gasteiger partial charge in [0.1, 0.15) is 0 Å². The molecule has 0 saturated carbocycles. The molecule has 0 aliphatic rings. The number of benzene rings is 2. The van der Waals surface area contributed by atoms with E-state index < -0.39 is 0 Å². The Bertz CT molecular complexity index is 1180. The molecule has 0 saturated heterocycles. The highest BCUT2D eigenvalue weighted by molar-refractivity contribution is 7.99. The number of carbonyl (C=O) groups is 2. The highest BCUT2D eigenvalue weighted by Gasteiger charge is 2.26. The van der Waals surface area contributed by atoms with Gasteiger partial charge in [0.25, 0.3) is 5.91 Å². The standard InChI is InChI=1S/C24H27Cl2N5O2S/c1-5-31-22(21(14(2)3)28-23(33)17-8-6-7-9-18(17)25)29-30-24(31)34-13-20(32)27-16-11-10-15(4)19(26)12-16/h6-12,14,21H,5,13H2,1-4H3,(H,27,32)(H,28,33)/t21-/m0/s1. The van der Waals surface area contributed by atoms with E-state index in [0.29, 0.717) is 38.8 Å². The average Bonchev–Trinajstić information content (AvgIpc) is 3.21. The van der Waals surface area contributed by atoms with Crippen LogP contribution in [0.25, 0.3) is 0 Å². The summed E-state index contributed by atoms with van der Waals surface area (Å²) in [6.45, 7) is 8.46. The molecule has 3 rings (SSSR count). The molecule has 0 radical (unpaired) electrons. The second-order valence-corrected chi connectivity index (χ2v) is 9.82. The molecular weight excluding hydrogens is 493 g/mol. The number of hydrogen-bond donors (Lipinski definition) is 2. The average molecular weight is 520 g/mol. The molecule has 180 valence electrons. The summed E-state index contributed by atoms with van der Waals surface area (Å²) >= 11 is 13.6. The molecule has 0 unspecified atom stereocenters. The van der Waals surface area contributed by atoms with Gasteiger partial charge in [-0.3, -0.25) is 9.59 Å². The van der Waals surface area contributed by atoms with Crippen molar-refractivity contribution in [3.63, 3.8) is 0 Å². The van der Waals surface area contributed by atoms with Crippen LogP contribution in [-0.2, 0) is 11.3 Å². The first-order chi connectivity index (χ1) is 16.2. The van der Waals surface area contributed by atoms with Crippen LogP contribution >= 0.6 is 35.0 Å². The molecule has 1 atom stereocenters. The van der Waals surface area contributed by atoms with Crippen molar-refractivity contribution >= 4 is 52.5 Å². The van der Waals surface area contributed by atoms with Crippen molar-refractivity contribution in [1.82, 2.24) is 20.1 Å². The van der Waals surface area contributed by atoms with Crippen molar-refractivity contribution in [2.45, 2.75) is 45.4 Å². The molecule has 0 aliphatic heterocycles. The minimum Gasteiger partial charge on any atom is -0.342 e. The SMILES string of the molecule is CCn1c(SCC(=O)Nc2ccc(C)c(Cl)c2)nnc1[C@@H](NC(=O)c1ccccc1Cl)C(C)C. The van der Waals surface area contributed by atoms with E-state index in [1.165, 1.54) is 11.8 Å². The van der Waals surface area contributed by atoms with E-state index in [1.54, 1.807) is 30.3 Å². The van der Waals surface area contributed by atoms with Crippen LogP contribution in [0.3, 0.4) is 0 Å². The smallest absolute Gasteiger partial charge is 0.253 e. The monoisotopic (exact) mass is 519 g/mol. The van der Waals surface area contributed by atoms with Gasteiger partial charge < -0.3 is 15.2 Å². The van der Waals surface area contributed by atoms with Crippen LogP contribution in [0.5, 0.6) is 0 Å². The fourth-order valence-corrected chi connectivity index (χ4v) is 4.54. The Labute approximate surface area is 213 Å². The number of thioether (sulfide) groups is 1. The molecule has 0 spiro atoms. The van der Waals surface area contributed by atoms with E-state index in [2.05, 4.69) is 20.8 Å². The zero-order valence-corrected chi connectivity index (χ0v) is 21.8. The molecule has 3 aromatic rings. The highest BCUT2D eigenvalue weighted by atomic mass is 35.5. The first kappa shape index (κ1) is 26.1. The Balaban J connectivity index is 1.72. The van der Waals surface area contributed by atoms with Gasteiger partial charge in [-0.25, -0.2) is 0 Å². The van der Waals surface area contributed by atoms with Gasteiger partial charge in [0.15, 0.2) is 11.0 Å². The largest absolute Gasteiger partial charge is 0.342 e. The molecule has 2 aromatic carbocycles. The van der Waals surface area contributed by atoms with Crippen LogP contribution in [-0.4, -0.2) is 32.3 Å². The second-order valence-electron chi connectivity index (χ2n) is 8.06. The van der Waals surface area contributed by atoms with Gasteiger partial charge in [-0.2, -0.15) is 0 Å². The summed E-state index contributed by atoms with van der Waals surface area (Å²) in [7, 11) is 0. The van der Waals surface area contributed by atoms with Gasteiger partial charge >= 0.3 is 0 Å². The van der Waals surface area contributed by atoms with E-state index in [0.717, 1.165) is 5.56 Å². The lowest BCUT2D eigenvalue weighted by Gasteiger charge is -2.22. The van der Waals surface area contributed by atoms with Crippen LogP contribution in [0.15, 0.2) is 47.6 Å². The normalized spacial score (nSPS) is 12.0. The van der Waals surface area contributed by atoms with Crippen molar-refractivity contribution in [3.05, 3.63) is 69.5 Å². The van der Waals surface area contributed by atoms with E-state index in [9.17, 15) is 9.59 Å². The van der Waals surface area contributed by atoms with Gasteiger partial charge in [-0.15, -0.1) is 10.2 Å². The maximum atomic E-state index is 12.9. The number of hydrogen-bond acceptors (Lipinski definition) is 5. The first-order valence-corrected chi connectivity index (χ1v) is 12.6. The zero-order valence-electron chi connectivity index (χ0n) is 19.4. The Morgan fingerprint density at radius 2 is 1.82 bits per heavy atom. The third-order valence-corrected chi connectivity index (χ3v) is 6.90. The quantitative estimate of drug-likeness (QED) is 0.350. The molecule has 10 heteroatoms. The van der Waals surface area contributed by atoms with Crippen molar-refractivity contribution in [1.29, 1.82) is 0 Å². The van der Waals surface area contributed by atoms with Gasteiger partial charge in [-0.1, -0.05) is 67.0 Å². The van der Waals surface area contributed by atoms with Gasteiger partial charge in [0.2, 0.25) is 5.91 Å². The summed E-state index contributed by atoms with van der Waals surface area (Å²) in [6, 6.07) is 11.9. The Morgan fingerprint density at radius 1 is 1.09 bits per heavy atom. The van der Waals surface area contributed by atoms with Crippen LogP contribution in [0.2, 0.25) is 10.0 Å². The molecule has 1 heterocycles. The highest BCUT2D eigenvalue weighted by Crippen LogP contribution is 2.27. The maximum absolute atomic E-state index is 12.9. The molecule has 2 amide bonds. The minimum atomic E-state index is -0.380. The fourth-order valence-electron chi connectivity index (χ4n) is 3.33. The number of nitrogens with one attached hydrogen (secondary N) is 2. The molecular formula is C24H27Cl2N5O2S. The van der Waals surface area contributed by atoms with E-state index in [1.807, 2.05) is 44.4 Å². The van der Waals surface area contributed by atoms with Gasteiger partial charge in [0, 0.05) is 17.3 Å². The Morgan fingerprint density at radius 3 is 2.47 bits per heavy atom. The summed E-state index contributed by atoms with van der Waals surface area (Å²) in [6.07, 6.45) is 0. The van der Waals surface area contributed by atoms with Crippen molar-refractivity contribution in [3.8, 4) is 0 Å². The molecule has 34 heavy (non-hydrogen) atoms. The number of aryl methyl sites for hydroxylation is 1. The Hall–Kier alpha value is -2.55. The number of carbonyl (C=O) groups excluding carboxylic acids is 2. The molecule has 0 aliphatic carbocycles. The maximum Gasteiger partial charge on any atom is 0.253 e. The number of anilines is 1. The number of amides is 2. The van der Waals surface area contributed by atoms with E-state index in [4.69, 9.17) is 23.2 Å². The Kier molecular flexibility index (Phi) is 8.99. The topological polar surface area (TPSA) is 88.9 Å². The third-order valence-electron chi connectivity index (χ3n) is 5.20. The lowest BCUT2D eigenvalue weighted by Crippen LogP contribution is -2.34. The first-order valence-electron chi connectivity index (χ1n) is 10.9. The number of halogens is 2. The predicted octanol–water partition coefficient (Wildman–Crippen LogP) is 5.77. The summed E-state index contributed by atoms with van der Waals surface area (Å²) < 4.78 is 1.91. The number of nitrogens with zero attached hydrogens (tertiary/aromatic N) is 3. The van der Waals surface area contributed by atoms with Crippen molar-refractivity contribution in [2.75, 3.05) is 11.1 Å². The molecule has 0 bridgehead atoms. The predicted molar refractivity (Wildman–Crippen MR) is 138 cm³/mol. The summed E-state index contributed by atoms with van der Waals surface area (Å²) in [5.74, 6) is 0.381. The van der Waals surface area contributed by atoms with Crippen molar-refractivity contribution in [2.24, 2.45) is 5.92 Å². The van der Waals surface area contributed by atoms with Crippen LogP contribution in [0.4, 0.5) is 5.69 Å². The van der Waals surface area contributed by atoms with Crippen molar-refractivity contribution < 1.29 is 9.59 Å². The lowest BCUT2D eigenvalue weighted by atomic mass is 10.0. The van der Waals surface area contributed by atoms with Crippen LogP contribution < -0.4 is 10.6 Å². The summed E-state index contributed by atoms with van der Waals surface area (Å²) in [5.41, 5.74) is 1.99. The summed E-state index contributed by atoms with van der Waals surface area (Å²) in [4.78, 5) is 25.3. The van der Waals surface area contributed by atoms with E-state index in [-0.39, 0.29) is 29.5 Å². The second kappa shape index (κ2) is 11.7. The molecule has 1 aromatic heterocycles. The molecule has 2 N–H and O–H groups in total. The number of aromatic nitrogens is 3. The summed E-state index contributed by atoms with van der Waals surface area (Å²) in [5, 5.41) is 16.1. The fraction of sp³-hybridized carbons (Fsp3) is 0.333. The minimum absolute atomic E-state index is 0.0494. The van der Waals surface area contributed by atoms with Crippen LogP contribution in [0, 0.1) is 12.8 Å². The van der Waals surface area contributed by atoms with Gasteiger partial charge in [0.05, 0.1) is 22.4 Å².